The van der Waals surface area contributed by atoms with Crippen LogP contribution in [0.3, 0.4) is 0 Å². The zero-order valence-electron chi connectivity index (χ0n) is 10.9. The maximum atomic E-state index is 13.6. The van der Waals surface area contributed by atoms with Gasteiger partial charge in [0.1, 0.15) is 5.82 Å². The molecule has 1 aromatic carbocycles. The van der Waals surface area contributed by atoms with Crippen LogP contribution in [0.25, 0.3) is 0 Å². The SMILES string of the molecule is N#Cc1ccc(F)c(CNC2CCCCC2CO)c1. The number of hydrogen-bond acceptors (Lipinski definition) is 3. The molecule has 0 heterocycles. The number of rotatable bonds is 4. The molecule has 0 radical (unpaired) electrons. The van der Waals surface area contributed by atoms with Gasteiger partial charge in [-0.2, -0.15) is 5.26 Å². The smallest absolute Gasteiger partial charge is 0.127 e. The summed E-state index contributed by atoms with van der Waals surface area (Å²) >= 11 is 0. The summed E-state index contributed by atoms with van der Waals surface area (Å²) in [6, 6.07) is 6.66. The van der Waals surface area contributed by atoms with Crippen LogP contribution in [0, 0.1) is 23.1 Å². The van der Waals surface area contributed by atoms with Crippen LogP contribution in [-0.4, -0.2) is 17.8 Å². The molecule has 2 rings (SSSR count). The third-order valence-electron chi connectivity index (χ3n) is 3.87. The first-order chi connectivity index (χ1) is 9.24. The average molecular weight is 262 g/mol. The van der Waals surface area contributed by atoms with Crippen LogP contribution in [0.15, 0.2) is 18.2 Å². The van der Waals surface area contributed by atoms with Crippen molar-refractivity contribution < 1.29 is 9.50 Å². The van der Waals surface area contributed by atoms with Gasteiger partial charge in [-0.3, -0.25) is 0 Å². The van der Waals surface area contributed by atoms with Gasteiger partial charge in [-0.05, 0) is 37.0 Å². The minimum atomic E-state index is -0.289. The highest BCUT2D eigenvalue weighted by molar-refractivity contribution is 5.33. The Morgan fingerprint density at radius 3 is 2.89 bits per heavy atom. The second kappa shape index (κ2) is 6.65. The molecule has 0 bridgehead atoms. The van der Waals surface area contributed by atoms with Crippen molar-refractivity contribution in [3.8, 4) is 6.07 Å². The first kappa shape index (κ1) is 14.0. The molecule has 0 spiro atoms. The van der Waals surface area contributed by atoms with E-state index in [0.717, 1.165) is 25.7 Å². The van der Waals surface area contributed by atoms with Crippen LogP contribution in [0.5, 0.6) is 0 Å². The number of aliphatic hydroxyl groups excluding tert-OH is 1. The molecule has 0 aliphatic heterocycles. The van der Waals surface area contributed by atoms with Gasteiger partial charge in [-0.15, -0.1) is 0 Å². The lowest BCUT2D eigenvalue weighted by Crippen LogP contribution is -2.39. The van der Waals surface area contributed by atoms with Crippen LogP contribution in [0.4, 0.5) is 4.39 Å². The summed E-state index contributed by atoms with van der Waals surface area (Å²) in [5, 5.41) is 21.5. The summed E-state index contributed by atoms with van der Waals surface area (Å²) in [4.78, 5) is 0. The van der Waals surface area contributed by atoms with Gasteiger partial charge in [0, 0.05) is 24.8 Å². The molecule has 1 fully saturated rings. The fourth-order valence-corrected chi connectivity index (χ4v) is 2.72. The highest BCUT2D eigenvalue weighted by Gasteiger charge is 2.24. The largest absolute Gasteiger partial charge is 0.396 e. The number of nitrogens with one attached hydrogen (secondary N) is 1. The summed E-state index contributed by atoms with van der Waals surface area (Å²) in [6.45, 7) is 0.584. The van der Waals surface area contributed by atoms with Gasteiger partial charge in [-0.1, -0.05) is 12.8 Å². The summed E-state index contributed by atoms with van der Waals surface area (Å²) in [7, 11) is 0. The number of nitriles is 1. The van der Waals surface area contributed by atoms with E-state index in [1.165, 1.54) is 12.1 Å². The number of nitrogens with zero attached hydrogens (tertiary/aromatic N) is 1. The average Bonchev–Trinajstić information content (AvgIpc) is 2.46. The first-order valence-corrected chi connectivity index (χ1v) is 6.77. The topological polar surface area (TPSA) is 56.0 Å². The van der Waals surface area contributed by atoms with Gasteiger partial charge in [0.15, 0.2) is 0 Å². The summed E-state index contributed by atoms with van der Waals surface area (Å²) in [6.07, 6.45) is 4.34. The molecule has 3 nitrogen and oxygen atoms in total. The third-order valence-corrected chi connectivity index (χ3v) is 3.87. The normalized spacial score (nSPS) is 23.0. The van der Waals surface area contributed by atoms with E-state index < -0.39 is 0 Å². The van der Waals surface area contributed by atoms with Crippen molar-refractivity contribution in [3.05, 3.63) is 35.1 Å². The molecule has 1 saturated carbocycles. The lowest BCUT2D eigenvalue weighted by atomic mass is 9.85. The van der Waals surface area contributed by atoms with Gasteiger partial charge in [0.2, 0.25) is 0 Å². The van der Waals surface area contributed by atoms with Crippen molar-refractivity contribution in [1.82, 2.24) is 5.32 Å². The van der Waals surface area contributed by atoms with Crippen LogP contribution in [0.1, 0.15) is 36.8 Å². The molecule has 19 heavy (non-hydrogen) atoms. The van der Waals surface area contributed by atoms with E-state index >= 15 is 0 Å². The zero-order valence-corrected chi connectivity index (χ0v) is 10.9. The van der Waals surface area contributed by atoms with Gasteiger partial charge in [0.25, 0.3) is 0 Å². The maximum Gasteiger partial charge on any atom is 0.127 e. The lowest BCUT2D eigenvalue weighted by molar-refractivity contribution is 0.152. The van der Waals surface area contributed by atoms with Crippen LogP contribution < -0.4 is 5.32 Å². The molecule has 2 N–H and O–H groups in total. The minimum Gasteiger partial charge on any atom is -0.396 e. The zero-order chi connectivity index (χ0) is 13.7. The predicted octanol–water partition coefficient (Wildman–Crippen LogP) is 2.34. The van der Waals surface area contributed by atoms with E-state index in [-0.39, 0.29) is 24.4 Å². The first-order valence-electron chi connectivity index (χ1n) is 6.77. The van der Waals surface area contributed by atoms with Crippen molar-refractivity contribution in [1.29, 1.82) is 5.26 Å². The monoisotopic (exact) mass is 262 g/mol. The van der Waals surface area contributed by atoms with Crippen LogP contribution in [-0.2, 0) is 6.54 Å². The lowest BCUT2D eigenvalue weighted by Gasteiger charge is -2.31. The summed E-state index contributed by atoms with van der Waals surface area (Å²) in [5.41, 5.74) is 0.988. The molecule has 0 amide bonds. The number of benzene rings is 1. The number of aliphatic hydroxyl groups is 1. The number of hydrogen-bond donors (Lipinski definition) is 2. The Balaban J connectivity index is 1.99. The second-order valence-electron chi connectivity index (χ2n) is 5.13. The number of halogens is 1. The van der Waals surface area contributed by atoms with Gasteiger partial charge in [-0.25, -0.2) is 4.39 Å². The highest BCUT2D eigenvalue weighted by Crippen LogP contribution is 2.24. The van der Waals surface area contributed by atoms with Crippen LogP contribution >= 0.6 is 0 Å². The molecule has 2 unspecified atom stereocenters. The Bertz CT molecular complexity index is 470. The van der Waals surface area contributed by atoms with Gasteiger partial charge < -0.3 is 10.4 Å². The Hall–Kier alpha value is -1.44. The molecular formula is C15H19FN2O. The Morgan fingerprint density at radius 1 is 1.37 bits per heavy atom. The quantitative estimate of drug-likeness (QED) is 0.875. The van der Waals surface area contributed by atoms with E-state index in [0.29, 0.717) is 17.7 Å². The van der Waals surface area contributed by atoms with Crippen molar-refractivity contribution >= 4 is 0 Å². The van der Waals surface area contributed by atoms with Crippen molar-refractivity contribution in [3.63, 3.8) is 0 Å². The van der Waals surface area contributed by atoms with Crippen LogP contribution in [0.2, 0.25) is 0 Å². The van der Waals surface area contributed by atoms with Crippen molar-refractivity contribution in [2.75, 3.05) is 6.61 Å². The van der Waals surface area contributed by atoms with Crippen molar-refractivity contribution in [2.24, 2.45) is 5.92 Å². The molecule has 4 heteroatoms. The molecule has 1 aliphatic carbocycles. The molecule has 0 saturated heterocycles. The third kappa shape index (κ3) is 3.52. The molecular weight excluding hydrogens is 243 g/mol. The highest BCUT2D eigenvalue weighted by atomic mass is 19.1. The van der Waals surface area contributed by atoms with E-state index in [1.54, 1.807) is 6.07 Å². The second-order valence-corrected chi connectivity index (χ2v) is 5.13. The Kier molecular flexibility index (Phi) is 4.89. The summed E-state index contributed by atoms with van der Waals surface area (Å²) in [5.74, 6) is -0.0289. The van der Waals surface area contributed by atoms with E-state index in [1.807, 2.05) is 6.07 Å². The fourth-order valence-electron chi connectivity index (χ4n) is 2.72. The maximum absolute atomic E-state index is 13.6. The van der Waals surface area contributed by atoms with Crippen molar-refractivity contribution in [2.45, 2.75) is 38.3 Å². The predicted molar refractivity (Wildman–Crippen MR) is 70.8 cm³/mol. The van der Waals surface area contributed by atoms with Gasteiger partial charge in [0.05, 0.1) is 11.6 Å². The standard InChI is InChI=1S/C15H19FN2O/c16-14-6-5-11(8-17)7-13(14)9-18-15-4-2-1-3-12(15)10-19/h5-7,12,15,18-19H,1-4,9-10H2. The van der Waals surface area contributed by atoms with Gasteiger partial charge >= 0.3 is 0 Å². The molecule has 2 atom stereocenters. The fraction of sp³-hybridized carbons (Fsp3) is 0.533. The molecule has 1 aromatic rings. The van der Waals surface area contributed by atoms with E-state index in [4.69, 9.17) is 5.26 Å². The Morgan fingerprint density at radius 2 is 2.16 bits per heavy atom. The molecule has 102 valence electrons. The van der Waals surface area contributed by atoms with E-state index in [9.17, 15) is 9.50 Å². The molecule has 1 aliphatic rings. The Labute approximate surface area is 113 Å². The van der Waals surface area contributed by atoms with E-state index in [2.05, 4.69) is 5.32 Å². The minimum absolute atomic E-state index is 0.179. The summed E-state index contributed by atoms with van der Waals surface area (Å²) < 4.78 is 13.6. The molecule has 0 aromatic heterocycles.